The third-order valence-electron chi connectivity index (χ3n) is 3.28. The van der Waals surface area contributed by atoms with Crippen LogP contribution in [0, 0.1) is 0 Å². The minimum atomic E-state index is 0.261. The Hall–Kier alpha value is -2.74. The number of rotatable bonds is 2. The minimum absolute atomic E-state index is 0.261. The predicted molar refractivity (Wildman–Crippen MR) is 82.6 cm³/mol. The summed E-state index contributed by atoms with van der Waals surface area (Å²) in [5.41, 5.74) is 2.06. The van der Waals surface area contributed by atoms with Gasteiger partial charge in [0.1, 0.15) is 11.5 Å². The average molecular weight is 262 g/mol. The highest BCUT2D eigenvalue weighted by molar-refractivity contribution is 5.96. The maximum Gasteiger partial charge on any atom is 0.123 e. The fraction of sp³-hybridized carbons (Fsp3) is 0. The SMILES string of the molecule is Oc1ccc(/C=C/c2ccc(O)c3ccccc23)cc1. The van der Waals surface area contributed by atoms with Gasteiger partial charge in [-0.2, -0.15) is 0 Å². The first-order valence-electron chi connectivity index (χ1n) is 6.42. The van der Waals surface area contributed by atoms with Crippen LogP contribution in [0.2, 0.25) is 0 Å². The Kier molecular flexibility index (Phi) is 3.13. The zero-order chi connectivity index (χ0) is 13.9. The molecule has 20 heavy (non-hydrogen) atoms. The van der Waals surface area contributed by atoms with Crippen LogP contribution in [-0.4, -0.2) is 10.2 Å². The molecular formula is C18H14O2. The second-order valence-corrected chi connectivity index (χ2v) is 4.64. The van der Waals surface area contributed by atoms with E-state index in [0.29, 0.717) is 5.75 Å². The average Bonchev–Trinajstić information content (AvgIpc) is 2.49. The molecule has 0 amide bonds. The van der Waals surface area contributed by atoms with Crippen LogP contribution in [0.3, 0.4) is 0 Å². The second kappa shape index (κ2) is 5.10. The zero-order valence-electron chi connectivity index (χ0n) is 10.8. The van der Waals surface area contributed by atoms with E-state index in [9.17, 15) is 10.2 Å². The van der Waals surface area contributed by atoms with Gasteiger partial charge in [0.15, 0.2) is 0 Å². The molecule has 0 heterocycles. The van der Waals surface area contributed by atoms with Gasteiger partial charge in [-0.3, -0.25) is 0 Å². The van der Waals surface area contributed by atoms with Gasteiger partial charge in [-0.1, -0.05) is 54.6 Å². The Bertz CT molecular complexity index is 771. The summed E-state index contributed by atoms with van der Waals surface area (Å²) in [7, 11) is 0. The molecule has 0 unspecified atom stereocenters. The number of phenols is 2. The molecule has 0 aliphatic rings. The van der Waals surface area contributed by atoms with Gasteiger partial charge in [0.05, 0.1) is 0 Å². The zero-order valence-corrected chi connectivity index (χ0v) is 10.8. The van der Waals surface area contributed by atoms with Crippen molar-refractivity contribution in [2.45, 2.75) is 0 Å². The van der Waals surface area contributed by atoms with Crippen molar-refractivity contribution < 1.29 is 10.2 Å². The lowest BCUT2D eigenvalue weighted by atomic mass is 10.0. The van der Waals surface area contributed by atoms with E-state index in [1.54, 1.807) is 18.2 Å². The van der Waals surface area contributed by atoms with Gasteiger partial charge >= 0.3 is 0 Å². The first-order valence-corrected chi connectivity index (χ1v) is 6.42. The van der Waals surface area contributed by atoms with Crippen molar-refractivity contribution in [3.63, 3.8) is 0 Å². The lowest BCUT2D eigenvalue weighted by Gasteiger charge is -2.04. The largest absolute Gasteiger partial charge is 0.508 e. The van der Waals surface area contributed by atoms with E-state index in [1.165, 1.54) is 0 Å². The van der Waals surface area contributed by atoms with Crippen molar-refractivity contribution in [1.82, 2.24) is 0 Å². The summed E-state index contributed by atoms with van der Waals surface area (Å²) in [4.78, 5) is 0. The molecule has 3 rings (SSSR count). The molecule has 3 aromatic rings. The number of fused-ring (bicyclic) bond motifs is 1. The molecule has 0 aliphatic carbocycles. The Morgan fingerprint density at radius 2 is 1.35 bits per heavy atom. The van der Waals surface area contributed by atoms with Crippen LogP contribution in [-0.2, 0) is 0 Å². The van der Waals surface area contributed by atoms with Gasteiger partial charge in [0.2, 0.25) is 0 Å². The fourth-order valence-electron chi connectivity index (χ4n) is 2.22. The van der Waals surface area contributed by atoms with Crippen LogP contribution < -0.4 is 0 Å². The third-order valence-corrected chi connectivity index (χ3v) is 3.28. The van der Waals surface area contributed by atoms with E-state index >= 15 is 0 Å². The molecule has 2 nitrogen and oxygen atoms in total. The summed E-state index contributed by atoms with van der Waals surface area (Å²) in [5, 5.41) is 21.0. The molecule has 0 saturated heterocycles. The Morgan fingerprint density at radius 3 is 2.10 bits per heavy atom. The maximum atomic E-state index is 9.86. The first-order chi connectivity index (χ1) is 9.74. The number of hydrogen-bond acceptors (Lipinski definition) is 2. The quantitative estimate of drug-likeness (QED) is 0.671. The molecule has 0 spiro atoms. The predicted octanol–water partition coefficient (Wildman–Crippen LogP) is 4.42. The monoisotopic (exact) mass is 262 g/mol. The van der Waals surface area contributed by atoms with Crippen LogP contribution in [0.25, 0.3) is 22.9 Å². The van der Waals surface area contributed by atoms with Gasteiger partial charge < -0.3 is 10.2 Å². The summed E-state index contributed by atoms with van der Waals surface area (Å²) in [6, 6.07) is 18.4. The molecule has 2 N–H and O–H groups in total. The van der Waals surface area contributed by atoms with E-state index in [1.807, 2.05) is 54.6 Å². The first kappa shape index (κ1) is 12.3. The Morgan fingerprint density at radius 1 is 0.650 bits per heavy atom. The van der Waals surface area contributed by atoms with Crippen LogP contribution in [0.1, 0.15) is 11.1 Å². The lowest BCUT2D eigenvalue weighted by Crippen LogP contribution is -1.79. The van der Waals surface area contributed by atoms with Gasteiger partial charge in [0.25, 0.3) is 0 Å². The lowest BCUT2D eigenvalue weighted by molar-refractivity contribution is 0.475. The summed E-state index contributed by atoms with van der Waals surface area (Å²) in [6.07, 6.45) is 3.99. The Labute approximate surface area is 117 Å². The van der Waals surface area contributed by atoms with Crippen molar-refractivity contribution in [2.75, 3.05) is 0 Å². The number of aromatic hydroxyl groups is 2. The van der Waals surface area contributed by atoms with Gasteiger partial charge in [-0.25, -0.2) is 0 Å². The molecule has 2 heteroatoms. The molecule has 0 fully saturated rings. The summed E-state index contributed by atoms with van der Waals surface area (Å²) >= 11 is 0. The summed E-state index contributed by atoms with van der Waals surface area (Å²) in [6.45, 7) is 0. The van der Waals surface area contributed by atoms with Crippen molar-refractivity contribution in [3.05, 3.63) is 71.8 Å². The van der Waals surface area contributed by atoms with E-state index in [2.05, 4.69) is 0 Å². The normalized spacial score (nSPS) is 11.2. The summed E-state index contributed by atoms with van der Waals surface area (Å²) in [5.74, 6) is 0.555. The highest BCUT2D eigenvalue weighted by Crippen LogP contribution is 2.28. The van der Waals surface area contributed by atoms with Crippen LogP contribution >= 0.6 is 0 Å². The van der Waals surface area contributed by atoms with Crippen LogP contribution in [0.4, 0.5) is 0 Å². The smallest absolute Gasteiger partial charge is 0.123 e. The van der Waals surface area contributed by atoms with Crippen molar-refractivity contribution in [1.29, 1.82) is 0 Å². The van der Waals surface area contributed by atoms with E-state index in [4.69, 9.17) is 0 Å². The minimum Gasteiger partial charge on any atom is -0.508 e. The van der Waals surface area contributed by atoms with E-state index < -0.39 is 0 Å². The standard InChI is InChI=1S/C18H14O2/c19-15-10-6-13(7-11-15)5-8-14-9-12-18(20)17-4-2-1-3-16(14)17/h1-12,19-20H/b8-5+. The molecule has 0 bridgehead atoms. The number of phenolic OH excluding ortho intramolecular Hbond substituents is 2. The second-order valence-electron chi connectivity index (χ2n) is 4.64. The highest BCUT2D eigenvalue weighted by atomic mass is 16.3. The van der Waals surface area contributed by atoms with Crippen LogP contribution in [0.15, 0.2) is 60.7 Å². The van der Waals surface area contributed by atoms with Gasteiger partial charge in [0, 0.05) is 5.39 Å². The van der Waals surface area contributed by atoms with E-state index in [0.717, 1.165) is 21.9 Å². The molecule has 0 saturated carbocycles. The van der Waals surface area contributed by atoms with Gasteiger partial charge in [-0.15, -0.1) is 0 Å². The molecular weight excluding hydrogens is 248 g/mol. The third kappa shape index (κ3) is 2.36. The fourth-order valence-corrected chi connectivity index (χ4v) is 2.22. The number of benzene rings is 3. The molecule has 0 radical (unpaired) electrons. The molecule has 0 aliphatic heterocycles. The highest BCUT2D eigenvalue weighted by Gasteiger charge is 2.02. The van der Waals surface area contributed by atoms with Crippen molar-refractivity contribution in [2.24, 2.45) is 0 Å². The summed E-state index contributed by atoms with van der Waals surface area (Å²) < 4.78 is 0. The van der Waals surface area contributed by atoms with E-state index in [-0.39, 0.29) is 5.75 Å². The number of hydrogen-bond donors (Lipinski definition) is 2. The molecule has 0 atom stereocenters. The van der Waals surface area contributed by atoms with Crippen LogP contribution in [0.5, 0.6) is 11.5 Å². The van der Waals surface area contributed by atoms with Gasteiger partial charge in [-0.05, 0) is 34.7 Å². The van der Waals surface area contributed by atoms with Crippen molar-refractivity contribution in [3.8, 4) is 11.5 Å². The maximum absolute atomic E-state index is 9.86. The Balaban J connectivity index is 2.03. The molecule has 98 valence electrons. The molecule has 3 aromatic carbocycles. The topological polar surface area (TPSA) is 40.5 Å². The van der Waals surface area contributed by atoms with Crippen molar-refractivity contribution >= 4 is 22.9 Å². The molecule has 0 aromatic heterocycles.